The molecule has 0 amide bonds. The minimum atomic E-state index is -3.84. The normalized spacial score (nSPS) is 11.8. The van der Waals surface area contributed by atoms with Crippen molar-refractivity contribution in [1.29, 1.82) is 0 Å². The largest absolute Gasteiger partial charge is 0.265 e. The quantitative estimate of drug-likeness (QED) is 0.124. The van der Waals surface area contributed by atoms with Crippen LogP contribution in [0.4, 0.5) is 10.0 Å². The van der Waals surface area contributed by atoms with Crippen molar-refractivity contribution in [3.8, 4) is 19.5 Å². The zero-order valence-electron chi connectivity index (χ0n) is 27.8. The van der Waals surface area contributed by atoms with Crippen molar-refractivity contribution >= 4 is 64.1 Å². The van der Waals surface area contributed by atoms with Crippen LogP contribution in [0.2, 0.25) is 0 Å². The van der Waals surface area contributed by atoms with Gasteiger partial charge in [-0.15, -0.1) is 34.0 Å². The summed E-state index contributed by atoms with van der Waals surface area (Å²) >= 11 is 4.46. The van der Waals surface area contributed by atoms with E-state index >= 15 is 0 Å². The van der Waals surface area contributed by atoms with E-state index in [0.717, 1.165) is 41.8 Å². The summed E-state index contributed by atoms with van der Waals surface area (Å²) in [6.45, 7) is 4.28. The summed E-state index contributed by atoms with van der Waals surface area (Å²) in [5, 5.41) is 1.25. The van der Waals surface area contributed by atoms with Crippen molar-refractivity contribution in [1.82, 2.24) is 0 Å². The number of thiophene rings is 3. The van der Waals surface area contributed by atoms with Crippen LogP contribution in [0.3, 0.4) is 0 Å². The van der Waals surface area contributed by atoms with Crippen LogP contribution in [-0.2, 0) is 33.1 Å². The van der Waals surface area contributed by atoms with Crippen molar-refractivity contribution in [2.45, 2.75) is 36.7 Å². The van der Waals surface area contributed by atoms with E-state index in [2.05, 4.69) is 0 Å². The lowest BCUT2D eigenvalue weighted by Gasteiger charge is -2.23. The number of rotatable bonds is 12. The highest BCUT2D eigenvalue weighted by Crippen LogP contribution is 2.44. The predicted molar refractivity (Wildman–Crippen MR) is 213 cm³/mol. The first-order chi connectivity index (χ1) is 24.6. The summed E-state index contributed by atoms with van der Waals surface area (Å²) in [5.74, 6) is 0. The lowest BCUT2D eigenvalue weighted by atomic mass is 10.2. The molecule has 0 aliphatic rings. The van der Waals surface area contributed by atoms with E-state index in [-0.39, 0.29) is 22.9 Å². The number of benzene rings is 4. The molecule has 0 bridgehead atoms. The highest BCUT2D eigenvalue weighted by atomic mass is 32.2. The van der Waals surface area contributed by atoms with Crippen molar-refractivity contribution in [3.63, 3.8) is 0 Å². The molecule has 0 radical (unpaired) electrons. The highest BCUT2D eigenvalue weighted by Gasteiger charge is 2.28. The van der Waals surface area contributed by atoms with Crippen LogP contribution in [0.25, 0.3) is 19.5 Å². The van der Waals surface area contributed by atoms with Crippen LogP contribution in [0.5, 0.6) is 0 Å². The van der Waals surface area contributed by atoms with Crippen LogP contribution >= 0.6 is 34.0 Å². The van der Waals surface area contributed by atoms with Gasteiger partial charge in [-0.3, -0.25) is 8.61 Å². The van der Waals surface area contributed by atoms with Crippen LogP contribution in [0.1, 0.15) is 22.3 Å². The van der Waals surface area contributed by atoms with Gasteiger partial charge >= 0.3 is 0 Å². The SMILES string of the molecule is Cc1ccc(S(=O)(=O)N(Cc2ccccc2)c2ccc(-c3ccc(-c4ccc(N(Cc5ccccc5)S(=O)(=O)c5ccc(C)cc5)s4)s3)s2)cc1. The molecule has 0 aliphatic carbocycles. The summed E-state index contributed by atoms with van der Waals surface area (Å²) in [6.07, 6.45) is 0. The smallest absolute Gasteiger partial charge is 0.253 e. The summed E-state index contributed by atoms with van der Waals surface area (Å²) < 4.78 is 59.1. The average molecular weight is 767 g/mol. The maximum absolute atomic E-state index is 14.0. The molecule has 0 saturated heterocycles. The fourth-order valence-electron chi connectivity index (χ4n) is 5.53. The van der Waals surface area contributed by atoms with E-state index in [9.17, 15) is 16.8 Å². The predicted octanol–water partition coefficient (Wildman–Crippen LogP) is 10.6. The Balaban J connectivity index is 1.19. The Bertz CT molecular complexity index is 2300. The van der Waals surface area contributed by atoms with Gasteiger partial charge in [-0.2, -0.15) is 0 Å². The van der Waals surface area contributed by atoms with Gasteiger partial charge in [-0.25, -0.2) is 16.8 Å². The minimum absolute atomic E-state index is 0.204. The molecule has 0 N–H and O–H groups in total. The molecule has 0 fully saturated rings. The fourth-order valence-corrected chi connectivity index (χ4v) is 12.1. The first-order valence-electron chi connectivity index (χ1n) is 16.1. The molecule has 258 valence electrons. The topological polar surface area (TPSA) is 74.8 Å². The number of anilines is 2. The van der Waals surface area contributed by atoms with Gasteiger partial charge in [0, 0.05) is 19.5 Å². The van der Waals surface area contributed by atoms with Gasteiger partial charge < -0.3 is 0 Å². The summed E-state index contributed by atoms with van der Waals surface area (Å²) in [7, 11) is -7.69. The average Bonchev–Trinajstić information content (AvgIpc) is 3.92. The first-order valence-corrected chi connectivity index (χ1v) is 21.5. The Morgan fingerprint density at radius 3 is 1.12 bits per heavy atom. The molecule has 11 heteroatoms. The molecular weight excluding hydrogens is 733 g/mol. The lowest BCUT2D eigenvalue weighted by Crippen LogP contribution is -2.29. The Hall–Kier alpha value is -4.52. The molecule has 0 unspecified atom stereocenters. The highest BCUT2D eigenvalue weighted by molar-refractivity contribution is 7.93. The molecule has 6 nitrogen and oxygen atoms in total. The van der Waals surface area contributed by atoms with Gasteiger partial charge in [0.15, 0.2) is 0 Å². The Morgan fingerprint density at radius 1 is 0.412 bits per heavy atom. The van der Waals surface area contributed by atoms with Gasteiger partial charge in [-0.1, -0.05) is 96.1 Å². The maximum atomic E-state index is 14.0. The zero-order valence-corrected chi connectivity index (χ0v) is 31.9. The Morgan fingerprint density at radius 2 is 0.745 bits per heavy atom. The number of hydrogen-bond donors (Lipinski definition) is 0. The van der Waals surface area contributed by atoms with Crippen LogP contribution in [0.15, 0.2) is 155 Å². The molecule has 3 aromatic heterocycles. The van der Waals surface area contributed by atoms with Crippen LogP contribution in [-0.4, -0.2) is 16.8 Å². The summed E-state index contributed by atoms with van der Waals surface area (Å²) in [4.78, 5) is 4.38. The monoisotopic (exact) mass is 766 g/mol. The van der Waals surface area contributed by atoms with E-state index < -0.39 is 20.0 Å². The summed E-state index contributed by atoms with van der Waals surface area (Å²) in [6, 6.07) is 44.8. The third-order valence-electron chi connectivity index (χ3n) is 8.32. The van der Waals surface area contributed by atoms with E-state index in [1.54, 1.807) is 35.6 Å². The van der Waals surface area contributed by atoms with Gasteiger partial charge in [0.05, 0.1) is 22.9 Å². The third-order valence-corrected chi connectivity index (χ3v) is 15.8. The number of hydrogen-bond acceptors (Lipinski definition) is 7. The second-order valence-electron chi connectivity index (χ2n) is 12.1. The van der Waals surface area contributed by atoms with E-state index in [1.807, 2.05) is 135 Å². The fraction of sp³-hybridized carbons (Fsp3) is 0.100. The lowest BCUT2D eigenvalue weighted by molar-refractivity contribution is 0.589. The molecule has 7 rings (SSSR count). The van der Waals surface area contributed by atoms with Crippen LogP contribution < -0.4 is 8.61 Å². The summed E-state index contributed by atoms with van der Waals surface area (Å²) in [5.41, 5.74) is 3.76. The molecule has 4 aromatic carbocycles. The van der Waals surface area contributed by atoms with E-state index in [1.165, 1.54) is 31.3 Å². The molecule has 7 aromatic rings. The Kier molecular flexibility index (Phi) is 10.00. The molecule has 0 saturated carbocycles. The zero-order chi connectivity index (χ0) is 35.6. The number of nitrogens with zero attached hydrogens (tertiary/aromatic N) is 2. The molecular formula is C40H34N2O4S5. The molecule has 0 atom stereocenters. The maximum Gasteiger partial charge on any atom is 0.265 e. The minimum Gasteiger partial charge on any atom is -0.253 e. The van der Waals surface area contributed by atoms with Gasteiger partial charge in [0.25, 0.3) is 20.0 Å². The number of sulfonamides is 2. The molecule has 3 heterocycles. The number of aryl methyl sites for hydroxylation is 2. The van der Waals surface area contributed by atoms with Gasteiger partial charge in [-0.05, 0) is 85.6 Å². The van der Waals surface area contributed by atoms with Crippen molar-refractivity contribution < 1.29 is 16.8 Å². The van der Waals surface area contributed by atoms with Crippen molar-refractivity contribution in [3.05, 3.63) is 168 Å². The molecule has 51 heavy (non-hydrogen) atoms. The van der Waals surface area contributed by atoms with E-state index in [0.29, 0.717) is 10.0 Å². The molecule has 0 spiro atoms. The first kappa shape index (κ1) is 34.9. The van der Waals surface area contributed by atoms with Gasteiger partial charge in [0.1, 0.15) is 10.0 Å². The van der Waals surface area contributed by atoms with Crippen LogP contribution in [0, 0.1) is 13.8 Å². The van der Waals surface area contributed by atoms with Gasteiger partial charge in [0.2, 0.25) is 0 Å². The van der Waals surface area contributed by atoms with Crippen molar-refractivity contribution in [2.24, 2.45) is 0 Å². The third kappa shape index (κ3) is 7.58. The second kappa shape index (κ2) is 14.6. The standard InChI is InChI=1S/C40H34N2O4S5/c1-29-13-17-33(18-14-29)50(43,44)41(27-31-9-5-3-6-10-31)39-25-23-37(48-39)35-21-22-36(47-35)38-24-26-40(49-38)42(28-32-11-7-4-8-12-32)51(45,46)34-19-15-30(2)16-20-34/h3-26H,27-28H2,1-2H3. The van der Waals surface area contributed by atoms with E-state index in [4.69, 9.17) is 0 Å². The van der Waals surface area contributed by atoms with Crippen molar-refractivity contribution in [2.75, 3.05) is 8.61 Å². The Labute approximate surface area is 311 Å². The molecule has 0 aliphatic heterocycles. The second-order valence-corrected chi connectivity index (χ2v) is 19.0.